The molecule has 0 spiro atoms. The van der Waals surface area contributed by atoms with Crippen molar-refractivity contribution >= 4 is 43.4 Å². The maximum absolute atomic E-state index is 13.3. The van der Waals surface area contributed by atoms with E-state index in [0.717, 1.165) is 21.2 Å². The van der Waals surface area contributed by atoms with Crippen LogP contribution in [0.2, 0.25) is 0 Å². The van der Waals surface area contributed by atoms with Crippen LogP contribution in [-0.2, 0) is 11.2 Å². The van der Waals surface area contributed by atoms with Crippen molar-refractivity contribution in [3.63, 3.8) is 0 Å². The number of hydrogen-bond acceptors (Lipinski definition) is 6. The second-order valence-electron chi connectivity index (χ2n) is 7.70. The van der Waals surface area contributed by atoms with Gasteiger partial charge in [-0.25, -0.2) is 4.98 Å². The second-order valence-corrected chi connectivity index (χ2v) is 9.47. The third kappa shape index (κ3) is 4.85. The summed E-state index contributed by atoms with van der Waals surface area (Å²) in [6.07, 6.45) is 2.06. The molecule has 0 saturated heterocycles. The molecule has 2 aromatic carbocycles. The van der Waals surface area contributed by atoms with Gasteiger partial charge in [0.15, 0.2) is 11.5 Å². The Balaban J connectivity index is 1.50. The van der Waals surface area contributed by atoms with Crippen molar-refractivity contribution in [2.45, 2.75) is 19.4 Å². The lowest BCUT2D eigenvalue weighted by atomic mass is 10.1. The zero-order valence-electron chi connectivity index (χ0n) is 19.0. The SMILES string of the molecule is COc1ccc(CCNC(=O)C(C)n2cnc3scc(-c4ccc(Br)cc4)c3c2=O)cc1OC. The Morgan fingerprint density at radius 2 is 1.88 bits per heavy atom. The Kier molecular flexibility index (Phi) is 7.33. The summed E-state index contributed by atoms with van der Waals surface area (Å²) in [5, 5.41) is 5.37. The van der Waals surface area contributed by atoms with Crippen LogP contribution in [0.3, 0.4) is 0 Å². The number of benzene rings is 2. The first-order chi connectivity index (χ1) is 16.4. The van der Waals surface area contributed by atoms with Gasteiger partial charge in [-0.15, -0.1) is 11.3 Å². The highest BCUT2D eigenvalue weighted by Crippen LogP contribution is 2.31. The van der Waals surface area contributed by atoms with E-state index in [1.165, 1.54) is 22.2 Å². The number of amides is 1. The van der Waals surface area contributed by atoms with Crippen LogP contribution in [-0.4, -0.2) is 36.2 Å². The molecule has 7 nitrogen and oxygen atoms in total. The molecule has 0 fully saturated rings. The number of carbonyl (C=O) groups is 1. The summed E-state index contributed by atoms with van der Waals surface area (Å²) < 4.78 is 12.9. The van der Waals surface area contributed by atoms with Crippen LogP contribution in [0.15, 0.2) is 63.4 Å². The molecule has 0 aliphatic carbocycles. The van der Waals surface area contributed by atoms with Crippen LogP contribution in [0.4, 0.5) is 0 Å². The van der Waals surface area contributed by atoms with Gasteiger partial charge in [0.05, 0.1) is 25.9 Å². The molecule has 176 valence electrons. The van der Waals surface area contributed by atoms with Crippen molar-refractivity contribution in [2.24, 2.45) is 0 Å². The lowest BCUT2D eigenvalue weighted by molar-refractivity contribution is -0.123. The number of methoxy groups -OCH3 is 2. The fourth-order valence-corrected chi connectivity index (χ4v) is 4.87. The maximum Gasteiger partial charge on any atom is 0.263 e. The molecule has 0 radical (unpaired) electrons. The molecular formula is C25H24BrN3O4S. The molecule has 4 rings (SSSR count). The summed E-state index contributed by atoms with van der Waals surface area (Å²) in [6.45, 7) is 2.12. The lowest BCUT2D eigenvalue weighted by Crippen LogP contribution is -2.36. The van der Waals surface area contributed by atoms with Crippen LogP contribution in [0.5, 0.6) is 11.5 Å². The average Bonchev–Trinajstić information content (AvgIpc) is 3.29. The molecule has 34 heavy (non-hydrogen) atoms. The third-order valence-corrected chi connectivity index (χ3v) is 7.05. The zero-order chi connectivity index (χ0) is 24.2. The maximum atomic E-state index is 13.3. The van der Waals surface area contributed by atoms with Gasteiger partial charge < -0.3 is 14.8 Å². The first kappa shape index (κ1) is 24.0. The van der Waals surface area contributed by atoms with Gasteiger partial charge in [0.2, 0.25) is 5.91 Å². The minimum atomic E-state index is -0.701. The van der Waals surface area contributed by atoms with Crippen LogP contribution < -0.4 is 20.3 Å². The summed E-state index contributed by atoms with van der Waals surface area (Å²) in [6, 6.07) is 12.7. The van der Waals surface area contributed by atoms with Crippen molar-refractivity contribution in [3.05, 3.63) is 74.6 Å². The van der Waals surface area contributed by atoms with E-state index in [9.17, 15) is 9.59 Å². The summed E-state index contributed by atoms with van der Waals surface area (Å²) in [5.41, 5.74) is 2.52. The highest BCUT2D eigenvalue weighted by molar-refractivity contribution is 9.10. The third-order valence-electron chi connectivity index (χ3n) is 5.63. The van der Waals surface area contributed by atoms with Gasteiger partial charge in [0.1, 0.15) is 10.9 Å². The Morgan fingerprint density at radius 3 is 2.59 bits per heavy atom. The number of aromatic nitrogens is 2. The molecule has 2 aromatic heterocycles. The van der Waals surface area contributed by atoms with E-state index in [4.69, 9.17) is 9.47 Å². The van der Waals surface area contributed by atoms with E-state index in [1.54, 1.807) is 21.1 Å². The van der Waals surface area contributed by atoms with Crippen LogP contribution in [0.25, 0.3) is 21.3 Å². The Morgan fingerprint density at radius 1 is 1.15 bits per heavy atom. The molecular weight excluding hydrogens is 518 g/mol. The van der Waals surface area contributed by atoms with Gasteiger partial charge >= 0.3 is 0 Å². The quantitative estimate of drug-likeness (QED) is 0.345. The standard InChI is InChI=1S/C25H24BrN3O4S/c1-15(23(30)27-11-10-16-4-9-20(32-2)21(12-16)33-3)29-14-28-24-22(25(29)31)19(13-34-24)17-5-7-18(26)8-6-17/h4-9,12-15H,10-11H2,1-3H3,(H,27,30). The molecule has 9 heteroatoms. The number of carbonyl (C=O) groups excluding carboxylic acids is 1. The molecule has 1 atom stereocenters. The Labute approximate surface area is 209 Å². The number of rotatable bonds is 8. The van der Waals surface area contributed by atoms with Gasteiger partial charge in [0.25, 0.3) is 5.56 Å². The molecule has 0 aliphatic rings. The van der Waals surface area contributed by atoms with Crippen molar-refractivity contribution in [3.8, 4) is 22.6 Å². The second kappa shape index (κ2) is 10.4. The summed E-state index contributed by atoms with van der Waals surface area (Å²) in [4.78, 5) is 31.3. The van der Waals surface area contributed by atoms with Crippen LogP contribution in [0.1, 0.15) is 18.5 Å². The van der Waals surface area contributed by atoms with E-state index in [1.807, 2.05) is 47.8 Å². The molecule has 4 aromatic rings. The van der Waals surface area contributed by atoms with Crippen molar-refractivity contribution in [2.75, 3.05) is 20.8 Å². The Hall–Kier alpha value is -3.17. The molecule has 0 aliphatic heterocycles. The zero-order valence-corrected chi connectivity index (χ0v) is 21.4. The molecule has 1 unspecified atom stereocenters. The molecule has 1 amide bonds. The molecule has 2 heterocycles. The minimum absolute atomic E-state index is 0.230. The number of ether oxygens (including phenoxy) is 2. The molecule has 1 N–H and O–H groups in total. The number of thiophene rings is 1. The van der Waals surface area contributed by atoms with Gasteiger partial charge in [-0.3, -0.25) is 14.2 Å². The lowest BCUT2D eigenvalue weighted by Gasteiger charge is -2.15. The fourth-order valence-electron chi connectivity index (χ4n) is 3.70. The summed E-state index contributed by atoms with van der Waals surface area (Å²) in [7, 11) is 3.18. The predicted octanol–water partition coefficient (Wildman–Crippen LogP) is 4.82. The number of halogens is 1. The van der Waals surface area contributed by atoms with E-state index >= 15 is 0 Å². The Bertz CT molecular complexity index is 1380. The molecule has 0 bridgehead atoms. The van der Waals surface area contributed by atoms with Crippen molar-refractivity contribution in [1.29, 1.82) is 0 Å². The number of fused-ring (bicyclic) bond motifs is 1. The van der Waals surface area contributed by atoms with Crippen molar-refractivity contribution in [1.82, 2.24) is 14.9 Å². The summed E-state index contributed by atoms with van der Waals surface area (Å²) in [5.74, 6) is 1.05. The largest absolute Gasteiger partial charge is 0.493 e. The smallest absolute Gasteiger partial charge is 0.263 e. The van der Waals surface area contributed by atoms with E-state index < -0.39 is 6.04 Å². The van der Waals surface area contributed by atoms with Gasteiger partial charge in [0, 0.05) is 22.0 Å². The minimum Gasteiger partial charge on any atom is -0.493 e. The monoisotopic (exact) mass is 541 g/mol. The van der Waals surface area contributed by atoms with Crippen LogP contribution >= 0.6 is 27.3 Å². The topological polar surface area (TPSA) is 82.5 Å². The average molecular weight is 542 g/mol. The van der Waals surface area contributed by atoms with E-state index in [0.29, 0.717) is 34.7 Å². The van der Waals surface area contributed by atoms with Crippen LogP contribution in [0, 0.1) is 0 Å². The number of nitrogens with zero attached hydrogens (tertiary/aromatic N) is 2. The fraction of sp³-hybridized carbons (Fsp3) is 0.240. The van der Waals surface area contributed by atoms with Gasteiger partial charge in [-0.05, 0) is 48.7 Å². The predicted molar refractivity (Wildman–Crippen MR) is 138 cm³/mol. The van der Waals surface area contributed by atoms with Gasteiger partial charge in [-0.2, -0.15) is 0 Å². The highest BCUT2D eigenvalue weighted by Gasteiger charge is 2.20. The first-order valence-electron chi connectivity index (χ1n) is 10.7. The number of hydrogen-bond donors (Lipinski definition) is 1. The molecule has 0 saturated carbocycles. The summed E-state index contributed by atoms with van der Waals surface area (Å²) >= 11 is 4.85. The van der Waals surface area contributed by atoms with Crippen molar-refractivity contribution < 1.29 is 14.3 Å². The first-order valence-corrected chi connectivity index (χ1v) is 12.3. The van der Waals surface area contributed by atoms with E-state index in [-0.39, 0.29) is 11.5 Å². The highest BCUT2D eigenvalue weighted by atomic mass is 79.9. The van der Waals surface area contributed by atoms with Gasteiger partial charge in [-0.1, -0.05) is 34.1 Å². The number of nitrogens with one attached hydrogen (secondary N) is 1. The van der Waals surface area contributed by atoms with E-state index in [2.05, 4.69) is 26.2 Å². The normalized spacial score (nSPS) is 11.9.